The summed E-state index contributed by atoms with van der Waals surface area (Å²) in [5.74, 6) is 0.494. The van der Waals surface area contributed by atoms with Crippen molar-refractivity contribution in [2.45, 2.75) is 25.9 Å². The van der Waals surface area contributed by atoms with Gasteiger partial charge in [0.25, 0.3) is 0 Å². The molecule has 32 heavy (non-hydrogen) atoms. The van der Waals surface area contributed by atoms with Crippen LogP contribution in [-0.2, 0) is 17.9 Å². The fourth-order valence-electron chi connectivity index (χ4n) is 3.39. The standard InChI is InChI=1S/C22H21N9O/c32-21(10-6-12-31-27-22(26-28-31)17-7-2-1-3-8-17)25-18-13-23-30(15-18)16-19-14-29-11-5-4-9-20(29)24-19/h1-5,7-9,11,13-15H,6,10,12,16H2,(H,25,32). The molecule has 0 fully saturated rings. The molecule has 5 rings (SSSR count). The van der Waals surface area contributed by atoms with Crippen LogP contribution < -0.4 is 5.32 Å². The van der Waals surface area contributed by atoms with E-state index >= 15 is 0 Å². The lowest BCUT2D eigenvalue weighted by Crippen LogP contribution is -2.13. The molecule has 10 nitrogen and oxygen atoms in total. The van der Waals surface area contributed by atoms with E-state index in [-0.39, 0.29) is 5.91 Å². The summed E-state index contributed by atoms with van der Waals surface area (Å²) < 4.78 is 3.72. The number of pyridine rings is 1. The van der Waals surface area contributed by atoms with Crippen molar-refractivity contribution in [3.8, 4) is 11.4 Å². The maximum atomic E-state index is 12.3. The zero-order valence-electron chi connectivity index (χ0n) is 17.2. The first-order valence-electron chi connectivity index (χ1n) is 10.3. The summed E-state index contributed by atoms with van der Waals surface area (Å²) >= 11 is 0. The highest BCUT2D eigenvalue weighted by atomic mass is 16.1. The van der Waals surface area contributed by atoms with Gasteiger partial charge in [-0.1, -0.05) is 36.4 Å². The van der Waals surface area contributed by atoms with Gasteiger partial charge in [0.2, 0.25) is 11.7 Å². The molecule has 1 N–H and O–H groups in total. The van der Waals surface area contributed by atoms with E-state index in [9.17, 15) is 4.79 Å². The summed E-state index contributed by atoms with van der Waals surface area (Å²) in [4.78, 5) is 18.4. The van der Waals surface area contributed by atoms with Crippen molar-refractivity contribution < 1.29 is 4.79 Å². The summed E-state index contributed by atoms with van der Waals surface area (Å²) in [6.07, 6.45) is 8.31. The van der Waals surface area contributed by atoms with Crippen LogP contribution >= 0.6 is 0 Å². The van der Waals surface area contributed by atoms with E-state index < -0.39 is 0 Å². The number of amides is 1. The topological polar surface area (TPSA) is 108 Å². The molecular weight excluding hydrogens is 406 g/mol. The van der Waals surface area contributed by atoms with Crippen LogP contribution in [0.3, 0.4) is 0 Å². The van der Waals surface area contributed by atoms with Gasteiger partial charge in [0.1, 0.15) is 5.65 Å². The van der Waals surface area contributed by atoms with E-state index in [1.54, 1.807) is 17.1 Å². The largest absolute Gasteiger partial charge is 0.323 e. The maximum absolute atomic E-state index is 12.3. The van der Waals surface area contributed by atoms with E-state index in [4.69, 9.17) is 0 Å². The summed E-state index contributed by atoms with van der Waals surface area (Å²) in [5, 5.41) is 19.7. The highest BCUT2D eigenvalue weighted by Crippen LogP contribution is 2.13. The monoisotopic (exact) mass is 427 g/mol. The number of carbonyl (C=O) groups is 1. The molecule has 1 aromatic carbocycles. The number of carbonyl (C=O) groups excluding carboxylic acids is 1. The molecule has 0 bridgehead atoms. The fourth-order valence-corrected chi connectivity index (χ4v) is 3.39. The van der Waals surface area contributed by atoms with E-state index in [2.05, 4.69) is 30.8 Å². The second kappa shape index (κ2) is 8.80. The number of nitrogens with zero attached hydrogens (tertiary/aromatic N) is 8. The number of anilines is 1. The maximum Gasteiger partial charge on any atom is 0.224 e. The van der Waals surface area contributed by atoms with Gasteiger partial charge in [-0.3, -0.25) is 9.48 Å². The first-order chi connectivity index (χ1) is 15.7. The Balaban J connectivity index is 1.10. The molecule has 10 heteroatoms. The third-order valence-electron chi connectivity index (χ3n) is 4.90. The van der Waals surface area contributed by atoms with E-state index in [1.807, 2.05) is 65.3 Å². The van der Waals surface area contributed by atoms with Crippen LogP contribution in [0.25, 0.3) is 17.0 Å². The average Bonchev–Trinajstić information content (AvgIpc) is 3.54. The first kappa shape index (κ1) is 19.6. The normalized spacial score (nSPS) is 11.1. The van der Waals surface area contributed by atoms with Crippen LogP contribution in [0, 0.1) is 0 Å². The Morgan fingerprint density at radius 1 is 1.03 bits per heavy atom. The van der Waals surface area contributed by atoms with Crippen molar-refractivity contribution in [1.29, 1.82) is 0 Å². The molecule has 1 amide bonds. The highest BCUT2D eigenvalue weighted by Gasteiger charge is 2.09. The lowest BCUT2D eigenvalue weighted by Gasteiger charge is -2.02. The summed E-state index contributed by atoms with van der Waals surface area (Å²) in [6, 6.07) is 15.5. The van der Waals surface area contributed by atoms with Crippen molar-refractivity contribution in [1.82, 2.24) is 39.4 Å². The predicted octanol–water partition coefficient (Wildman–Crippen LogP) is 2.65. The number of aryl methyl sites for hydroxylation is 1. The lowest BCUT2D eigenvalue weighted by atomic mass is 10.2. The van der Waals surface area contributed by atoms with Crippen molar-refractivity contribution in [2.24, 2.45) is 0 Å². The third kappa shape index (κ3) is 4.53. The first-order valence-corrected chi connectivity index (χ1v) is 10.3. The molecule has 0 atom stereocenters. The molecule has 0 aliphatic heterocycles. The smallest absolute Gasteiger partial charge is 0.224 e. The summed E-state index contributed by atoms with van der Waals surface area (Å²) in [6.45, 7) is 1.04. The van der Waals surface area contributed by atoms with E-state index in [0.29, 0.717) is 37.4 Å². The molecule has 5 aromatic rings. The van der Waals surface area contributed by atoms with Gasteiger partial charge in [-0.05, 0) is 23.8 Å². The average molecular weight is 427 g/mol. The van der Waals surface area contributed by atoms with Crippen LogP contribution in [0.15, 0.2) is 73.3 Å². The van der Waals surface area contributed by atoms with Crippen LogP contribution in [-0.4, -0.2) is 45.3 Å². The Kier molecular flexibility index (Phi) is 5.39. The van der Waals surface area contributed by atoms with Crippen LogP contribution in [0.4, 0.5) is 5.69 Å². The van der Waals surface area contributed by atoms with Crippen molar-refractivity contribution in [3.05, 3.63) is 79.0 Å². The van der Waals surface area contributed by atoms with Crippen molar-refractivity contribution >= 4 is 17.2 Å². The van der Waals surface area contributed by atoms with Crippen LogP contribution in [0.5, 0.6) is 0 Å². The van der Waals surface area contributed by atoms with Gasteiger partial charge in [0.15, 0.2) is 0 Å². The van der Waals surface area contributed by atoms with E-state index in [1.165, 1.54) is 4.80 Å². The number of rotatable bonds is 8. The Labute approximate surface area is 183 Å². The number of nitrogens with one attached hydrogen (secondary N) is 1. The lowest BCUT2D eigenvalue weighted by molar-refractivity contribution is -0.116. The van der Waals surface area contributed by atoms with Crippen LogP contribution in [0.1, 0.15) is 18.5 Å². The van der Waals surface area contributed by atoms with Crippen molar-refractivity contribution in [3.63, 3.8) is 0 Å². The quantitative estimate of drug-likeness (QED) is 0.408. The number of aromatic nitrogens is 8. The van der Waals surface area contributed by atoms with Gasteiger partial charge < -0.3 is 9.72 Å². The van der Waals surface area contributed by atoms with Gasteiger partial charge in [-0.15, -0.1) is 10.2 Å². The molecule has 0 saturated carbocycles. The van der Waals surface area contributed by atoms with Crippen LogP contribution in [0.2, 0.25) is 0 Å². The molecule has 0 aliphatic rings. The zero-order chi connectivity index (χ0) is 21.8. The van der Waals surface area contributed by atoms with Gasteiger partial charge >= 0.3 is 0 Å². The summed E-state index contributed by atoms with van der Waals surface area (Å²) in [7, 11) is 0. The number of hydrogen-bond acceptors (Lipinski definition) is 6. The molecule has 0 radical (unpaired) electrons. The molecular formula is C22H21N9O. The molecule has 0 aliphatic carbocycles. The molecule has 0 spiro atoms. The molecule has 0 unspecified atom stereocenters. The Morgan fingerprint density at radius 2 is 1.91 bits per heavy atom. The van der Waals surface area contributed by atoms with Crippen molar-refractivity contribution in [2.75, 3.05) is 5.32 Å². The van der Waals surface area contributed by atoms with Gasteiger partial charge in [-0.2, -0.15) is 9.90 Å². The number of tetrazole rings is 1. The fraction of sp³-hybridized carbons (Fsp3) is 0.182. The second-order valence-corrected chi connectivity index (χ2v) is 7.35. The minimum absolute atomic E-state index is 0.0827. The van der Waals surface area contributed by atoms with Gasteiger partial charge in [-0.25, -0.2) is 4.98 Å². The Hall–Kier alpha value is -4.34. The van der Waals surface area contributed by atoms with Gasteiger partial charge in [0, 0.05) is 30.6 Å². The van der Waals surface area contributed by atoms with E-state index in [0.717, 1.165) is 16.9 Å². The minimum atomic E-state index is -0.0827. The third-order valence-corrected chi connectivity index (χ3v) is 4.90. The number of hydrogen-bond donors (Lipinski definition) is 1. The highest BCUT2D eigenvalue weighted by molar-refractivity contribution is 5.90. The molecule has 0 saturated heterocycles. The SMILES string of the molecule is O=C(CCCn1nnc(-c2ccccc2)n1)Nc1cnn(Cc2cn3ccccc3n2)c1. The summed E-state index contributed by atoms with van der Waals surface area (Å²) in [5.41, 5.74) is 3.36. The Bertz CT molecular complexity index is 1300. The predicted molar refractivity (Wildman–Crippen MR) is 118 cm³/mol. The number of fused-ring (bicyclic) bond motifs is 1. The molecule has 4 aromatic heterocycles. The molecule has 160 valence electrons. The van der Waals surface area contributed by atoms with Gasteiger partial charge in [0.05, 0.1) is 30.7 Å². The molecule has 4 heterocycles. The number of benzene rings is 1. The minimum Gasteiger partial charge on any atom is -0.323 e. The Morgan fingerprint density at radius 3 is 2.78 bits per heavy atom. The zero-order valence-corrected chi connectivity index (χ0v) is 17.2. The number of imidazole rings is 1. The second-order valence-electron chi connectivity index (χ2n) is 7.35.